The summed E-state index contributed by atoms with van der Waals surface area (Å²) in [6, 6.07) is 2.41. The SMILES string of the molecule is CC1(C)[C@H](N)[C@H]1c1cc(F)c(F)cc1Br. The summed E-state index contributed by atoms with van der Waals surface area (Å²) in [6.45, 7) is 4.05. The van der Waals surface area contributed by atoms with Gasteiger partial charge in [-0.05, 0) is 23.1 Å². The van der Waals surface area contributed by atoms with Gasteiger partial charge in [0.1, 0.15) is 0 Å². The van der Waals surface area contributed by atoms with Gasteiger partial charge in [0.25, 0.3) is 0 Å². The largest absolute Gasteiger partial charge is 0.327 e. The zero-order valence-corrected chi connectivity index (χ0v) is 10.1. The van der Waals surface area contributed by atoms with E-state index in [9.17, 15) is 8.78 Å². The highest BCUT2D eigenvalue weighted by atomic mass is 79.9. The lowest BCUT2D eigenvalue weighted by Crippen LogP contribution is -2.06. The maximum Gasteiger partial charge on any atom is 0.159 e. The molecule has 1 aromatic rings. The first-order valence-corrected chi connectivity index (χ1v) is 5.55. The minimum absolute atomic E-state index is 0.0126. The van der Waals surface area contributed by atoms with Gasteiger partial charge in [0.05, 0.1) is 0 Å². The second kappa shape index (κ2) is 3.25. The molecule has 4 heteroatoms. The maximum atomic E-state index is 13.1. The smallest absolute Gasteiger partial charge is 0.159 e. The van der Waals surface area contributed by atoms with Crippen molar-refractivity contribution in [2.45, 2.75) is 25.8 Å². The van der Waals surface area contributed by atoms with Crippen molar-refractivity contribution in [3.63, 3.8) is 0 Å². The minimum atomic E-state index is -0.836. The minimum Gasteiger partial charge on any atom is -0.327 e. The average Bonchev–Trinajstić information content (AvgIpc) is 2.60. The van der Waals surface area contributed by atoms with Crippen molar-refractivity contribution in [2.24, 2.45) is 11.1 Å². The van der Waals surface area contributed by atoms with Crippen LogP contribution in [0.15, 0.2) is 16.6 Å². The fourth-order valence-corrected chi connectivity index (χ4v) is 2.61. The number of halogens is 3. The molecule has 1 aromatic carbocycles. The topological polar surface area (TPSA) is 26.0 Å². The van der Waals surface area contributed by atoms with Crippen LogP contribution in [0.2, 0.25) is 0 Å². The van der Waals surface area contributed by atoms with Crippen LogP contribution in [0.25, 0.3) is 0 Å². The highest BCUT2D eigenvalue weighted by molar-refractivity contribution is 9.10. The summed E-state index contributed by atoms with van der Waals surface area (Å²) in [5.74, 6) is -1.55. The first-order chi connectivity index (χ1) is 6.85. The van der Waals surface area contributed by atoms with Crippen LogP contribution < -0.4 is 5.73 Å². The van der Waals surface area contributed by atoms with Gasteiger partial charge in [0, 0.05) is 16.4 Å². The quantitative estimate of drug-likeness (QED) is 0.783. The Bertz CT molecular complexity index is 417. The molecule has 0 bridgehead atoms. The molecule has 0 unspecified atom stereocenters. The number of hydrogen-bond acceptors (Lipinski definition) is 1. The van der Waals surface area contributed by atoms with Crippen molar-refractivity contribution < 1.29 is 8.78 Å². The fraction of sp³-hybridized carbons (Fsp3) is 0.455. The lowest BCUT2D eigenvalue weighted by atomic mass is 10.0. The molecule has 1 saturated carbocycles. The number of hydrogen-bond donors (Lipinski definition) is 1. The van der Waals surface area contributed by atoms with Crippen LogP contribution in [0, 0.1) is 17.0 Å². The molecule has 1 fully saturated rings. The van der Waals surface area contributed by atoms with E-state index in [1.54, 1.807) is 0 Å². The number of rotatable bonds is 1. The Morgan fingerprint density at radius 1 is 1.27 bits per heavy atom. The van der Waals surface area contributed by atoms with E-state index in [-0.39, 0.29) is 17.4 Å². The summed E-state index contributed by atoms with van der Waals surface area (Å²) in [4.78, 5) is 0. The first-order valence-electron chi connectivity index (χ1n) is 4.75. The molecular weight excluding hydrogens is 264 g/mol. The van der Waals surface area contributed by atoms with Crippen LogP contribution in [0.3, 0.4) is 0 Å². The molecule has 2 atom stereocenters. The second-order valence-corrected chi connectivity index (χ2v) is 5.47. The van der Waals surface area contributed by atoms with E-state index in [4.69, 9.17) is 5.73 Å². The highest BCUT2D eigenvalue weighted by Gasteiger charge is 2.56. The highest BCUT2D eigenvalue weighted by Crippen LogP contribution is 2.58. The molecule has 0 spiro atoms. The average molecular weight is 276 g/mol. The van der Waals surface area contributed by atoms with Crippen LogP contribution in [-0.2, 0) is 0 Å². The monoisotopic (exact) mass is 275 g/mol. The molecule has 0 aromatic heterocycles. The maximum absolute atomic E-state index is 13.1. The Labute approximate surface area is 95.8 Å². The van der Waals surface area contributed by atoms with Gasteiger partial charge in [-0.3, -0.25) is 0 Å². The molecule has 15 heavy (non-hydrogen) atoms. The summed E-state index contributed by atoms with van der Waals surface area (Å²) in [5, 5.41) is 0. The lowest BCUT2D eigenvalue weighted by molar-refractivity contribution is 0.505. The van der Waals surface area contributed by atoms with Crippen LogP contribution in [0.5, 0.6) is 0 Å². The Morgan fingerprint density at radius 2 is 1.73 bits per heavy atom. The normalized spacial score (nSPS) is 27.9. The summed E-state index contributed by atoms with van der Waals surface area (Å²) in [6.07, 6.45) is 0. The van der Waals surface area contributed by atoms with Gasteiger partial charge in [0.2, 0.25) is 0 Å². The Kier molecular flexibility index (Phi) is 2.39. The van der Waals surface area contributed by atoms with Gasteiger partial charge in [0.15, 0.2) is 11.6 Å². The van der Waals surface area contributed by atoms with Crippen LogP contribution in [0.1, 0.15) is 25.3 Å². The fourth-order valence-electron chi connectivity index (χ4n) is 2.05. The molecule has 0 radical (unpaired) electrons. The van der Waals surface area contributed by atoms with E-state index in [0.29, 0.717) is 4.47 Å². The molecule has 0 amide bonds. The second-order valence-electron chi connectivity index (χ2n) is 4.61. The van der Waals surface area contributed by atoms with Crippen LogP contribution in [0.4, 0.5) is 8.78 Å². The van der Waals surface area contributed by atoms with Crippen molar-refractivity contribution in [3.8, 4) is 0 Å². The van der Waals surface area contributed by atoms with Gasteiger partial charge in [-0.15, -0.1) is 0 Å². The van der Waals surface area contributed by atoms with Gasteiger partial charge in [-0.25, -0.2) is 8.78 Å². The Balaban J connectivity index is 2.43. The lowest BCUT2D eigenvalue weighted by Gasteiger charge is -2.06. The van der Waals surface area contributed by atoms with Crippen LogP contribution >= 0.6 is 15.9 Å². The van der Waals surface area contributed by atoms with Gasteiger partial charge in [-0.1, -0.05) is 29.8 Å². The van der Waals surface area contributed by atoms with Gasteiger partial charge >= 0.3 is 0 Å². The number of nitrogens with two attached hydrogens (primary N) is 1. The molecular formula is C11H12BrF2N. The van der Waals surface area contributed by atoms with Crippen molar-refractivity contribution in [3.05, 3.63) is 33.8 Å². The van der Waals surface area contributed by atoms with Crippen molar-refractivity contribution in [1.29, 1.82) is 0 Å². The van der Waals surface area contributed by atoms with E-state index < -0.39 is 11.6 Å². The summed E-state index contributed by atoms with van der Waals surface area (Å²) >= 11 is 3.24. The third-order valence-corrected chi connectivity index (χ3v) is 3.97. The van der Waals surface area contributed by atoms with Gasteiger partial charge < -0.3 is 5.73 Å². The Hall–Kier alpha value is -0.480. The summed E-state index contributed by atoms with van der Waals surface area (Å²) in [7, 11) is 0. The zero-order valence-electron chi connectivity index (χ0n) is 8.52. The zero-order chi connectivity index (χ0) is 11.4. The van der Waals surface area contributed by atoms with Crippen molar-refractivity contribution >= 4 is 15.9 Å². The molecule has 1 aliphatic rings. The molecule has 2 N–H and O–H groups in total. The predicted octanol–water partition coefficient (Wildman–Crippen LogP) is 3.18. The molecule has 2 rings (SSSR count). The first kappa shape index (κ1) is 11.0. The van der Waals surface area contributed by atoms with Crippen molar-refractivity contribution in [2.75, 3.05) is 0 Å². The van der Waals surface area contributed by atoms with E-state index in [2.05, 4.69) is 15.9 Å². The molecule has 0 aliphatic heterocycles. The molecule has 82 valence electrons. The van der Waals surface area contributed by atoms with Gasteiger partial charge in [-0.2, -0.15) is 0 Å². The predicted molar refractivity (Wildman–Crippen MR) is 58.6 cm³/mol. The molecule has 0 heterocycles. The third kappa shape index (κ3) is 1.60. The molecule has 1 nitrogen and oxygen atoms in total. The van der Waals surface area contributed by atoms with E-state index in [1.165, 1.54) is 6.07 Å². The molecule has 0 saturated heterocycles. The molecule has 1 aliphatic carbocycles. The number of benzene rings is 1. The van der Waals surface area contributed by atoms with Crippen LogP contribution in [-0.4, -0.2) is 6.04 Å². The van der Waals surface area contributed by atoms with Crippen molar-refractivity contribution in [1.82, 2.24) is 0 Å². The third-order valence-electron chi connectivity index (χ3n) is 3.29. The van der Waals surface area contributed by atoms with E-state index in [1.807, 2.05) is 13.8 Å². The van der Waals surface area contributed by atoms with E-state index >= 15 is 0 Å². The summed E-state index contributed by atoms with van der Waals surface area (Å²) in [5.41, 5.74) is 6.62. The standard InChI is InChI=1S/C11H12BrF2N/c1-11(2)9(10(11)15)5-3-7(13)8(14)4-6(5)12/h3-4,9-10H,15H2,1-2H3/t9-,10-/m1/s1. The summed E-state index contributed by atoms with van der Waals surface area (Å²) < 4.78 is 26.6. The van der Waals surface area contributed by atoms with E-state index in [0.717, 1.165) is 11.6 Å². The Morgan fingerprint density at radius 3 is 2.20 bits per heavy atom.